The molecule has 33 heavy (non-hydrogen) atoms. The summed E-state index contributed by atoms with van der Waals surface area (Å²) in [5.74, 6) is -1.19. The van der Waals surface area contributed by atoms with E-state index in [1.165, 1.54) is 0 Å². The van der Waals surface area contributed by atoms with Gasteiger partial charge in [-0.05, 0) is 81.1 Å². The minimum absolute atomic E-state index is 0.0666. The summed E-state index contributed by atoms with van der Waals surface area (Å²) in [7, 11) is 0. The zero-order chi connectivity index (χ0) is 23.8. The number of nitrogens with one attached hydrogen (secondary N) is 2. The van der Waals surface area contributed by atoms with Crippen molar-refractivity contribution in [2.75, 3.05) is 23.3 Å². The molecule has 0 aliphatic carbocycles. The van der Waals surface area contributed by atoms with Crippen LogP contribution >= 0.6 is 0 Å². The van der Waals surface area contributed by atoms with Gasteiger partial charge in [-0.25, -0.2) is 4.79 Å². The van der Waals surface area contributed by atoms with E-state index in [0.717, 1.165) is 28.2 Å². The Balaban J connectivity index is 1.35. The van der Waals surface area contributed by atoms with Crippen LogP contribution in [-0.4, -0.2) is 35.7 Å². The zero-order valence-corrected chi connectivity index (χ0v) is 19.3. The van der Waals surface area contributed by atoms with Gasteiger partial charge in [-0.15, -0.1) is 0 Å². The quantitative estimate of drug-likeness (QED) is 0.588. The van der Waals surface area contributed by atoms with E-state index in [9.17, 15) is 18.0 Å². The van der Waals surface area contributed by atoms with Crippen molar-refractivity contribution in [3.8, 4) is 0 Å². The number of anilines is 3. The van der Waals surface area contributed by atoms with Crippen molar-refractivity contribution in [1.29, 1.82) is 0 Å². The second kappa shape index (κ2) is 8.80. The number of amides is 2. The highest BCUT2D eigenvalue weighted by molar-refractivity contribution is 5.76. The number of nitrogens with zero attached hydrogens (tertiary/aromatic N) is 2. The van der Waals surface area contributed by atoms with Crippen molar-refractivity contribution in [2.24, 2.45) is 5.92 Å². The average Bonchev–Trinajstić information content (AvgIpc) is 3.16. The maximum absolute atomic E-state index is 12.9. The molecule has 0 aromatic heterocycles. The minimum Gasteiger partial charge on any atom is -0.372 e. The monoisotopic (exact) mass is 460 g/mol. The molecule has 4 rings (SSSR count). The standard InChI is InChI=1S/C25H31F3N4O/c1-24(2,3)30-23(33)32-15-17-4-5-21(14-18(17)16-32)29-20-6-8-22(9-7-20)31-12-10-19(11-13-31)25(26,27)28/h4-9,14,19,29H,10-13,15-16H2,1-3H3,(H,30,33). The normalized spacial score (nSPS) is 17.2. The molecule has 1 fully saturated rings. The number of halogens is 3. The Morgan fingerprint density at radius 3 is 2.12 bits per heavy atom. The number of carbonyl (C=O) groups is 1. The molecule has 2 aromatic carbocycles. The smallest absolute Gasteiger partial charge is 0.372 e. The molecule has 2 aromatic rings. The fraction of sp³-hybridized carbons (Fsp3) is 0.480. The maximum atomic E-state index is 12.9. The number of piperidine rings is 1. The lowest BCUT2D eigenvalue weighted by Crippen LogP contribution is -2.46. The SMILES string of the molecule is CC(C)(C)NC(=O)N1Cc2ccc(Nc3ccc(N4CCC(C(F)(F)F)CC4)cc3)cc2C1. The maximum Gasteiger partial charge on any atom is 0.391 e. The molecule has 0 unspecified atom stereocenters. The van der Waals surface area contributed by atoms with Crippen molar-refractivity contribution >= 4 is 23.1 Å². The average molecular weight is 461 g/mol. The summed E-state index contributed by atoms with van der Waals surface area (Å²) in [6.45, 7) is 7.89. The van der Waals surface area contributed by atoms with E-state index in [-0.39, 0.29) is 24.4 Å². The molecule has 2 heterocycles. The van der Waals surface area contributed by atoms with Crippen molar-refractivity contribution in [2.45, 2.75) is 58.4 Å². The molecule has 0 radical (unpaired) electrons. The Hall–Kier alpha value is -2.90. The van der Waals surface area contributed by atoms with Gasteiger partial charge in [0.2, 0.25) is 0 Å². The van der Waals surface area contributed by atoms with Gasteiger partial charge in [0.15, 0.2) is 0 Å². The third kappa shape index (κ3) is 5.72. The number of carbonyl (C=O) groups excluding carboxylic acids is 1. The molecule has 0 spiro atoms. The molecule has 0 bridgehead atoms. The summed E-state index contributed by atoms with van der Waals surface area (Å²) in [6, 6.07) is 13.8. The highest BCUT2D eigenvalue weighted by Gasteiger charge is 2.41. The van der Waals surface area contributed by atoms with E-state index in [2.05, 4.69) is 16.7 Å². The fourth-order valence-corrected chi connectivity index (χ4v) is 4.40. The van der Waals surface area contributed by atoms with Crippen molar-refractivity contribution < 1.29 is 18.0 Å². The van der Waals surface area contributed by atoms with Crippen LogP contribution < -0.4 is 15.5 Å². The van der Waals surface area contributed by atoms with E-state index < -0.39 is 12.1 Å². The molecule has 1 saturated heterocycles. The van der Waals surface area contributed by atoms with Gasteiger partial charge >= 0.3 is 12.2 Å². The highest BCUT2D eigenvalue weighted by Crippen LogP contribution is 2.35. The lowest BCUT2D eigenvalue weighted by molar-refractivity contribution is -0.179. The van der Waals surface area contributed by atoms with Crippen molar-refractivity contribution in [1.82, 2.24) is 10.2 Å². The van der Waals surface area contributed by atoms with Gasteiger partial charge in [0, 0.05) is 48.8 Å². The summed E-state index contributed by atoms with van der Waals surface area (Å²) in [4.78, 5) is 16.3. The number of fused-ring (bicyclic) bond motifs is 1. The third-order valence-electron chi connectivity index (χ3n) is 6.18. The van der Waals surface area contributed by atoms with Gasteiger partial charge < -0.3 is 20.4 Å². The number of hydrogen-bond donors (Lipinski definition) is 2. The van der Waals surface area contributed by atoms with Gasteiger partial charge in [0.05, 0.1) is 5.92 Å². The highest BCUT2D eigenvalue weighted by atomic mass is 19.4. The van der Waals surface area contributed by atoms with Crippen LogP contribution in [-0.2, 0) is 13.1 Å². The molecule has 0 saturated carbocycles. The summed E-state index contributed by atoms with van der Waals surface area (Å²) < 4.78 is 38.7. The van der Waals surface area contributed by atoms with Crippen LogP contribution in [0.4, 0.5) is 35.0 Å². The second-order valence-electron chi connectivity index (χ2n) is 9.99. The van der Waals surface area contributed by atoms with E-state index in [0.29, 0.717) is 26.2 Å². The topological polar surface area (TPSA) is 47.6 Å². The molecule has 8 heteroatoms. The first-order valence-electron chi connectivity index (χ1n) is 11.4. The Kier molecular flexibility index (Phi) is 6.20. The molecule has 5 nitrogen and oxygen atoms in total. The number of rotatable bonds is 3. The largest absolute Gasteiger partial charge is 0.391 e. The molecular formula is C25H31F3N4O. The third-order valence-corrected chi connectivity index (χ3v) is 6.18. The number of hydrogen-bond acceptors (Lipinski definition) is 3. The summed E-state index contributed by atoms with van der Waals surface area (Å²) in [6.07, 6.45) is -3.81. The van der Waals surface area contributed by atoms with E-state index in [1.54, 1.807) is 4.90 Å². The number of alkyl halides is 3. The number of urea groups is 1. The molecule has 2 aliphatic rings. The van der Waals surface area contributed by atoms with E-state index in [4.69, 9.17) is 0 Å². The van der Waals surface area contributed by atoms with Crippen LogP contribution in [0.1, 0.15) is 44.7 Å². The molecule has 178 valence electrons. The van der Waals surface area contributed by atoms with Gasteiger partial charge in [-0.3, -0.25) is 0 Å². The predicted octanol–water partition coefficient (Wildman–Crippen LogP) is 6.03. The number of benzene rings is 2. The first-order valence-corrected chi connectivity index (χ1v) is 11.4. The van der Waals surface area contributed by atoms with Gasteiger partial charge in [0.25, 0.3) is 0 Å². The summed E-state index contributed by atoms with van der Waals surface area (Å²) in [5, 5.41) is 6.39. The van der Waals surface area contributed by atoms with Crippen LogP contribution in [0.5, 0.6) is 0 Å². The zero-order valence-electron chi connectivity index (χ0n) is 19.3. The Morgan fingerprint density at radius 1 is 0.909 bits per heavy atom. The minimum atomic E-state index is -4.09. The molecule has 2 N–H and O–H groups in total. The Morgan fingerprint density at radius 2 is 1.52 bits per heavy atom. The Labute approximate surface area is 192 Å². The molecule has 2 amide bonds. The lowest BCUT2D eigenvalue weighted by Gasteiger charge is -2.34. The fourth-order valence-electron chi connectivity index (χ4n) is 4.40. The summed E-state index contributed by atoms with van der Waals surface area (Å²) >= 11 is 0. The first kappa shape index (κ1) is 23.3. The van der Waals surface area contributed by atoms with Crippen LogP contribution in [0.2, 0.25) is 0 Å². The van der Waals surface area contributed by atoms with E-state index >= 15 is 0 Å². The van der Waals surface area contributed by atoms with Crippen LogP contribution in [0.25, 0.3) is 0 Å². The second-order valence-corrected chi connectivity index (χ2v) is 9.99. The molecule has 2 aliphatic heterocycles. The van der Waals surface area contributed by atoms with Crippen molar-refractivity contribution in [3.63, 3.8) is 0 Å². The van der Waals surface area contributed by atoms with Crippen LogP contribution in [0.15, 0.2) is 42.5 Å². The predicted molar refractivity (Wildman–Crippen MR) is 125 cm³/mol. The van der Waals surface area contributed by atoms with Crippen LogP contribution in [0, 0.1) is 5.92 Å². The Bertz CT molecular complexity index is 990. The lowest BCUT2D eigenvalue weighted by atomic mass is 9.96. The molecular weight excluding hydrogens is 429 g/mol. The van der Waals surface area contributed by atoms with Crippen molar-refractivity contribution in [3.05, 3.63) is 53.6 Å². The van der Waals surface area contributed by atoms with Gasteiger partial charge in [-0.2, -0.15) is 13.2 Å². The molecule has 0 atom stereocenters. The van der Waals surface area contributed by atoms with Gasteiger partial charge in [0.1, 0.15) is 0 Å². The van der Waals surface area contributed by atoms with Crippen LogP contribution in [0.3, 0.4) is 0 Å². The summed E-state index contributed by atoms with van der Waals surface area (Å²) in [5.41, 5.74) is 4.76. The van der Waals surface area contributed by atoms with E-state index in [1.807, 2.05) is 62.1 Å². The first-order chi connectivity index (χ1) is 15.5. The van der Waals surface area contributed by atoms with Gasteiger partial charge in [-0.1, -0.05) is 6.07 Å².